The quantitative estimate of drug-likeness (QED) is 0.534. The smallest absolute Gasteiger partial charge is 0.178 e. The van der Waals surface area contributed by atoms with Crippen molar-refractivity contribution in [3.05, 3.63) is 59.0 Å². The molecule has 6 nitrogen and oxygen atoms in total. The van der Waals surface area contributed by atoms with Gasteiger partial charge in [0, 0.05) is 50.6 Å². The summed E-state index contributed by atoms with van der Waals surface area (Å²) in [5.41, 5.74) is 7.85. The molecule has 0 fully saturated rings. The van der Waals surface area contributed by atoms with Crippen LogP contribution >= 0.6 is 11.3 Å². The van der Waals surface area contributed by atoms with E-state index in [1.165, 1.54) is 21.5 Å². The Kier molecular flexibility index (Phi) is 4.41. The van der Waals surface area contributed by atoms with Crippen LogP contribution in [0.2, 0.25) is 0 Å². The van der Waals surface area contributed by atoms with E-state index in [4.69, 9.17) is 5.10 Å². The summed E-state index contributed by atoms with van der Waals surface area (Å²) in [5.74, 6) is 0.759. The maximum absolute atomic E-state index is 4.79. The first kappa shape index (κ1) is 17.5. The Bertz CT molecular complexity index is 1120. The van der Waals surface area contributed by atoms with Crippen molar-refractivity contribution in [3.63, 3.8) is 0 Å². The third-order valence-electron chi connectivity index (χ3n) is 5.68. The molecule has 0 N–H and O–H groups in total. The van der Waals surface area contributed by atoms with Gasteiger partial charge in [0.1, 0.15) is 5.69 Å². The van der Waals surface area contributed by atoms with Gasteiger partial charge in [-0.1, -0.05) is 6.07 Å². The number of benzene rings is 1. The summed E-state index contributed by atoms with van der Waals surface area (Å²) < 4.78 is 3.19. The van der Waals surface area contributed by atoms with E-state index in [2.05, 4.69) is 45.0 Å². The molecule has 1 aliphatic rings. The number of rotatable bonds is 3. The third kappa shape index (κ3) is 3.00. The SMILES string of the molecule is CC(c1ccc2scnc2c1)N1CCc2nn(C)c(-c3ncccn3)c2CC1. The van der Waals surface area contributed by atoms with Gasteiger partial charge in [-0.3, -0.25) is 9.58 Å². The summed E-state index contributed by atoms with van der Waals surface area (Å²) in [6.45, 7) is 4.28. The summed E-state index contributed by atoms with van der Waals surface area (Å²) in [4.78, 5) is 15.9. The first-order valence-electron chi connectivity index (χ1n) is 9.60. The average Bonchev–Trinajstić information content (AvgIpc) is 3.25. The number of nitrogens with zero attached hydrogens (tertiary/aromatic N) is 6. The summed E-state index contributed by atoms with van der Waals surface area (Å²) in [5, 5.41) is 4.79. The molecule has 0 aliphatic carbocycles. The summed E-state index contributed by atoms with van der Waals surface area (Å²) in [6.07, 6.45) is 5.49. The molecule has 5 rings (SSSR count). The Morgan fingerprint density at radius 3 is 2.75 bits per heavy atom. The zero-order chi connectivity index (χ0) is 19.1. The van der Waals surface area contributed by atoms with E-state index in [9.17, 15) is 0 Å². The standard InChI is InChI=1S/C21H22N6S/c1-14(15-4-5-19-18(12-15)24-13-28-19)27-10-6-16-17(7-11-27)25-26(2)20(16)21-22-8-3-9-23-21/h3-5,8-9,12-14H,6-7,10-11H2,1-2H3. The molecule has 3 aromatic heterocycles. The van der Waals surface area contributed by atoms with Crippen molar-refractivity contribution in [2.75, 3.05) is 13.1 Å². The van der Waals surface area contributed by atoms with Crippen molar-refractivity contribution in [1.82, 2.24) is 29.6 Å². The third-order valence-corrected chi connectivity index (χ3v) is 6.49. The van der Waals surface area contributed by atoms with Gasteiger partial charge >= 0.3 is 0 Å². The number of hydrogen-bond acceptors (Lipinski definition) is 6. The minimum atomic E-state index is 0.347. The van der Waals surface area contributed by atoms with Crippen molar-refractivity contribution in [2.24, 2.45) is 7.05 Å². The molecule has 0 amide bonds. The summed E-state index contributed by atoms with van der Waals surface area (Å²) in [7, 11) is 1.99. The van der Waals surface area contributed by atoms with Gasteiger partial charge in [-0.15, -0.1) is 11.3 Å². The molecular formula is C21H22N6S. The molecule has 142 valence electrons. The Balaban J connectivity index is 1.41. The molecule has 0 radical (unpaired) electrons. The average molecular weight is 391 g/mol. The molecule has 0 bridgehead atoms. The molecule has 0 spiro atoms. The summed E-state index contributed by atoms with van der Waals surface area (Å²) >= 11 is 1.69. The lowest BCUT2D eigenvalue weighted by atomic mass is 10.1. The second-order valence-electron chi connectivity index (χ2n) is 7.26. The Hall–Kier alpha value is -2.64. The molecule has 4 aromatic rings. The van der Waals surface area contributed by atoms with Gasteiger partial charge in [-0.05, 0) is 37.1 Å². The fourth-order valence-corrected chi connectivity index (χ4v) is 4.80. The molecule has 1 aliphatic heterocycles. The van der Waals surface area contributed by atoms with Crippen molar-refractivity contribution in [2.45, 2.75) is 25.8 Å². The van der Waals surface area contributed by atoms with E-state index >= 15 is 0 Å². The van der Waals surface area contributed by atoms with E-state index in [1.54, 1.807) is 23.7 Å². The Morgan fingerprint density at radius 2 is 1.89 bits per heavy atom. The highest BCUT2D eigenvalue weighted by atomic mass is 32.1. The predicted octanol–water partition coefficient (Wildman–Crippen LogP) is 3.65. The Morgan fingerprint density at radius 1 is 1.07 bits per heavy atom. The van der Waals surface area contributed by atoms with Crippen molar-refractivity contribution >= 4 is 21.6 Å². The van der Waals surface area contributed by atoms with Crippen molar-refractivity contribution < 1.29 is 0 Å². The first-order valence-corrected chi connectivity index (χ1v) is 10.5. The lowest BCUT2D eigenvalue weighted by molar-refractivity contribution is 0.220. The minimum Gasteiger partial charge on any atom is -0.296 e. The van der Waals surface area contributed by atoms with Gasteiger partial charge in [-0.25, -0.2) is 15.0 Å². The fourth-order valence-electron chi connectivity index (χ4n) is 4.14. The molecular weight excluding hydrogens is 368 g/mol. The number of thiazole rings is 1. The van der Waals surface area contributed by atoms with E-state index < -0.39 is 0 Å². The number of fused-ring (bicyclic) bond motifs is 2. The van der Waals surface area contributed by atoms with Crippen LogP contribution in [-0.4, -0.2) is 42.7 Å². The van der Waals surface area contributed by atoms with Crippen LogP contribution in [0.3, 0.4) is 0 Å². The molecule has 1 aromatic carbocycles. The minimum absolute atomic E-state index is 0.347. The fraction of sp³-hybridized carbons (Fsp3) is 0.333. The lowest BCUT2D eigenvalue weighted by Crippen LogP contribution is -2.29. The first-order chi connectivity index (χ1) is 13.7. The van der Waals surface area contributed by atoms with Gasteiger partial charge in [-0.2, -0.15) is 5.10 Å². The number of aromatic nitrogens is 5. The molecule has 1 unspecified atom stereocenters. The number of aryl methyl sites for hydroxylation is 1. The lowest BCUT2D eigenvalue weighted by Gasteiger charge is -2.28. The second-order valence-corrected chi connectivity index (χ2v) is 8.15. The highest BCUT2D eigenvalue weighted by molar-refractivity contribution is 7.16. The van der Waals surface area contributed by atoms with E-state index in [0.717, 1.165) is 43.0 Å². The molecule has 28 heavy (non-hydrogen) atoms. The zero-order valence-electron chi connectivity index (χ0n) is 16.0. The van der Waals surface area contributed by atoms with Crippen molar-refractivity contribution in [1.29, 1.82) is 0 Å². The van der Waals surface area contributed by atoms with Crippen LogP contribution in [0, 0.1) is 0 Å². The van der Waals surface area contributed by atoms with Gasteiger partial charge in [0.15, 0.2) is 5.82 Å². The maximum atomic E-state index is 4.79. The highest BCUT2D eigenvalue weighted by Crippen LogP contribution is 2.30. The molecule has 7 heteroatoms. The van der Waals surface area contributed by atoms with Crippen LogP contribution < -0.4 is 0 Å². The van der Waals surface area contributed by atoms with Gasteiger partial charge in [0.25, 0.3) is 0 Å². The molecule has 0 saturated heterocycles. The molecule has 0 saturated carbocycles. The Labute approximate surface area is 167 Å². The normalized spacial score (nSPS) is 16.1. The molecule has 1 atom stereocenters. The van der Waals surface area contributed by atoms with E-state index in [0.29, 0.717) is 6.04 Å². The van der Waals surface area contributed by atoms with Crippen LogP contribution in [0.5, 0.6) is 0 Å². The zero-order valence-corrected chi connectivity index (χ0v) is 16.9. The van der Waals surface area contributed by atoms with Gasteiger partial charge in [0.05, 0.1) is 21.4 Å². The second kappa shape index (κ2) is 7.07. The van der Waals surface area contributed by atoms with E-state index in [-0.39, 0.29) is 0 Å². The highest BCUT2D eigenvalue weighted by Gasteiger charge is 2.26. The molecule has 4 heterocycles. The predicted molar refractivity (Wildman–Crippen MR) is 111 cm³/mol. The largest absolute Gasteiger partial charge is 0.296 e. The topological polar surface area (TPSA) is 59.7 Å². The maximum Gasteiger partial charge on any atom is 0.178 e. The monoisotopic (exact) mass is 390 g/mol. The van der Waals surface area contributed by atoms with Crippen LogP contribution in [0.1, 0.15) is 29.8 Å². The van der Waals surface area contributed by atoms with Gasteiger partial charge < -0.3 is 0 Å². The van der Waals surface area contributed by atoms with Gasteiger partial charge in [0.2, 0.25) is 0 Å². The van der Waals surface area contributed by atoms with Crippen LogP contribution in [0.15, 0.2) is 42.2 Å². The van der Waals surface area contributed by atoms with Crippen LogP contribution in [-0.2, 0) is 19.9 Å². The summed E-state index contributed by atoms with van der Waals surface area (Å²) in [6, 6.07) is 8.86. The van der Waals surface area contributed by atoms with Crippen LogP contribution in [0.25, 0.3) is 21.7 Å². The number of hydrogen-bond donors (Lipinski definition) is 0. The van der Waals surface area contributed by atoms with E-state index in [1.807, 2.05) is 23.3 Å². The van der Waals surface area contributed by atoms with Crippen LogP contribution in [0.4, 0.5) is 0 Å². The van der Waals surface area contributed by atoms with Crippen molar-refractivity contribution in [3.8, 4) is 11.5 Å².